The third-order valence-electron chi connectivity index (χ3n) is 2.62. The zero-order valence-corrected chi connectivity index (χ0v) is 11.8. The van der Waals surface area contributed by atoms with Crippen molar-refractivity contribution in [1.82, 2.24) is 10.6 Å². The second-order valence-electron chi connectivity index (χ2n) is 4.35. The minimum absolute atomic E-state index is 0.0420. The van der Waals surface area contributed by atoms with E-state index in [0.29, 0.717) is 5.56 Å². The van der Waals surface area contributed by atoms with Crippen LogP contribution in [0.15, 0.2) is 24.3 Å². The van der Waals surface area contributed by atoms with Gasteiger partial charge in [0.25, 0.3) is 5.69 Å². The fourth-order valence-electron chi connectivity index (χ4n) is 1.69. The molecule has 0 heterocycles. The Labute approximate surface area is 121 Å². The van der Waals surface area contributed by atoms with Crippen LogP contribution in [0, 0.1) is 10.1 Å². The van der Waals surface area contributed by atoms with Crippen molar-refractivity contribution in [3.63, 3.8) is 0 Å². The Morgan fingerprint density at radius 3 is 2.71 bits per heavy atom. The van der Waals surface area contributed by atoms with E-state index in [1.165, 1.54) is 26.2 Å². The summed E-state index contributed by atoms with van der Waals surface area (Å²) in [5.74, 6) is -0.763. The average molecular weight is 295 g/mol. The van der Waals surface area contributed by atoms with Crippen molar-refractivity contribution in [3.05, 3.63) is 39.9 Å². The summed E-state index contributed by atoms with van der Waals surface area (Å²) in [6.07, 6.45) is 0. The Bertz CT molecular complexity index is 532. The van der Waals surface area contributed by atoms with Crippen molar-refractivity contribution in [2.75, 3.05) is 13.7 Å². The molecule has 0 aliphatic carbocycles. The first-order valence-corrected chi connectivity index (χ1v) is 6.21. The quantitative estimate of drug-likeness (QED) is 0.557. The van der Waals surface area contributed by atoms with Crippen LogP contribution in [0.3, 0.4) is 0 Å². The number of hydrogen-bond donors (Lipinski definition) is 2. The van der Waals surface area contributed by atoms with Gasteiger partial charge in [-0.05, 0) is 5.56 Å². The molecule has 1 aromatic carbocycles. The van der Waals surface area contributed by atoms with Gasteiger partial charge in [0.1, 0.15) is 6.04 Å². The molecule has 0 fully saturated rings. The van der Waals surface area contributed by atoms with Gasteiger partial charge in [0.2, 0.25) is 11.8 Å². The van der Waals surface area contributed by atoms with Crippen molar-refractivity contribution < 1.29 is 19.2 Å². The van der Waals surface area contributed by atoms with Gasteiger partial charge in [-0.15, -0.1) is 0 Å². The number of carbonyl (C=O) groups excluding carboxylic acids is 2. The molecule has 0 saturated heterocycles. The van der Waals surface area contributed by atoms with E-state index in [1.54, 1.807) is 12.1 Å². The van der Waals surface area contributed by atoms with E-state index in [2.05, 4.69) is 10.6 Å². The highest BCUT2D eigenvalue weighted by Crippen LogP contribution is 2.12. The van der Waals surface area contributed by atoms with E-state index in [-0.39, 0.29) is 24.7 Å². The Morgan fingerprint density at radius 2 is 2.14 bits per heavy atom. The summed E-state index contributed by atoms with van der Waals surface area (Å²) in [6.45, 7) is 1.47. The van der Waals surface area contributed by atoms with Crippen molar-refractivity contribution in [2.24, 2.45) is 0 Å². The molecule has 1 atom stereocenters. The molecule has 0 aromatic heterocycles. The Balaban J connectivity index is 2.63. The number of methoxy groups -OCH3 is 1. The van der Waals surface area contributed by atoms with Crippen molar-refractivity contribution in [3.8, 4) is 0 Å². The number of nitrogens with zero attached hydrogens (tertiary/aromatic N) is 1. The SMILES string of the molecule is COC[C@H](NC(C)=O)C(=O)NCc1cccc([N+](=O)[O-])c1. The van der Waals surface area contributed by atoms with Crippen LogP contribution < -0.4 is 10.6 Å². The predicted octanol–water partition coefficient (Wildman–Crippen LogP) is 0.362. The smallest absolute Gasteiger partial charge is 0.269 e. The molecule has 8 nitrogen and oxygen atoms in total. The lowest BCUT2D eigenvalue weighted by Crippen LogP contribution is -2.48. The largest absolute Gasteiger partial charge is 0.382 e. The van der Waals surface area contributed by atoms with Crippen molar-refractivity contribution >= 4 is 17.5 Å². The summed E-state index contributed by atoms with van der Waals surface area (Å²) in [4.78, 5) is 33.1. The number of nitro groups is 1. The van der Waals surface area contributed by atoms with Gasteiger partial charge in [-0.2, -0.15) is 0 Å². The van der Waals surface area contributed by atoms with Gasteiger partial charge >= 0.3 is 0 Å². The second-order valence-corrected chi connectivity index (χ2v) is 4.35. The lowest BCUT2D eigenvalue weighted by atomic mass is 10.2. The van der Waals surface area contributed by atoms with E-state index < -0.39 is 16.9 Å². The highest BCUT2D eigenvalue weighted by atomic mass is 16.6. The topological polar surface area (TPSA) is 111 Å². The third-order valence-corrected chi connectivity index (χ3v) is 2.62. The van der Waals surface area contributed by atoms with Gasteiger partial charge in [-0.1, -0.05) is 12.1 Å². The predicted molar refractivity (Wildman–Crippen MR) is 74.4 cm³/mol. The molecule has 0 spiro atoms. The third kappa shape index (κ3) is 5.57. The fourth-order valence-corrected chi connectivity index (χ4v) is 1.69. The van der Waals surface area contributed by atoms with Crippen LogP contribution in [-0.4, -0.2) is 36.5 Å². The van der Waals surface area contributed by atoms with Gasteiger partial charge in [0.05, 0.1) is 11.5 Å². The molecule has 0 aliphatic rings. The normalized spacial score (nSPS) is 11.5. The lowest BCUT2D eigenvalue weighted by Gasteiger charge is -2.16. The highest BCUT2D eigenvalue weighted by molar-refractivity contribution is 5.86. The number of carbonyl (C=O) groups is 2. The zero-order valence-electron chi connectivity index (χ0n) is 11.8. The van der Waals surface area contributed by atoms with Crippen molar-refractivity contribution in [2.45, 2.75) is 19.5 Å². The molecule has 0 saturated carbocycles. The number of ether oxygens (including phenoxy) is 1. The number of non-ortho nitro benzene ring substituents is 1. The van der Waals surface area contributed by atoms with E-state index in [9.17, 15) is 19.7 Å². The first kappa shape index (κ1) is 16.6. The minimum atomic E-state index is -0.800. The van der Waals surface area contributed by atoms with Gasteiger partial charge in [0.15, 0.2) is 0 Å². The van der Waals surface area contributed by atoms with Crippen LogP contribution in [0.5, 0.6) is 0 Å². The van der Waals surface area contributed by atoms with Crippen LogP contribution in [-0.2, 0) is 20.9 Å². The minimum Gasteiger partial charge on any atom is -0.382 e. The summed E-state index contributed by atoms with van der Waals surface area (Å²) >= 11 is 0. The average Bonchev–Trinajstić information content (AvgIpc) is 2.44. The first-order chi connectivity index (χ1) is 9.93. The fraction of sp³-hybridized carbons (Fsp3) is 0.385. The van der Waals surface area contributed by atoms with E-state index in [0.717, 1.165) is 0 Å². The summed E-state index contributed by atoms with van der Waals surface area (Å²) in [6, 6.07) is 5.16. The monoisotopic (exact) mass is 295 g/mol. The molecule has 0 aliphatic heterocycles. The molecule has 0 radical (unpaired) electrons. The van der Waals surface area contributed by atoms with Crippen LogP contribution >= 0.6 is 0 Å². The second kappa shape index (κ2) is 7.95. The number of amides is 2. The molecular formula is C13H17N3O5. The number of rotatable bonds is 7. The van der Waals surface area contributed by atoms with Crippen LogP contribution in [0.1, 0.15) is 12.5 Å². The number of nitrogens with one attached hydrogen (secondary N) is 2. The van der Waals surface area contributed by atoms with Gasteiger partial charge < -0.3 is 15.4 Å². The number of nitro benzene ring substituents is 1. The molecule has 0 unspecified atom stereocenters. The summed E-state index contributed by atoms with van der Waals surface area (Å²) in [7, 11) is 1.42. The number of benzene rings is 1. The summed E-state index contributed by atoms with van der Waals surface area (Å²) in [5.41, 5.74) is 0.550. The van der Waals surface area contributed by atoms with Gasteiger partial charge in [-0.25, -0.2) is 0 Å². The summed E-state index contributed by atoms with van der Waals surface area (Å²) < 4.78 is 4.86. The molecule has 21 heavy (non-hydrogen) atoms. The molecule has 0 bridgehead atoms. The number of hydrogen-bond acceptors (Lipinski definition) is 5. The van der Waals surface area contributed by atoms with E-state index in [4.69, 9.17) is 4.74 Å². The molecule has 1 aromatic rings. The maximum Gasteiger partial charge on any atom is 0.269 e. The molecule has 114 valence electrons. The van der Waals surface area contributed by atoms with Gasteiger partial charge in [-0.3, -0.25) is 19.7 Å². The highest BCUT2D eigenvalue weighted by Gasteiger charge is 2.19. The Kier molecular flexibility index (Phi) is 6.28. The molecular weight excluding hydrogens is 278 g/mol. The van der Waals surface area contributed by atoms with E-state index >= 15 is 0 Å². The van der Waals surface area contributed by atoms with Crippen LogP contribution in [0.2, 0.25) is 0 Å². The molecule has 2 N–H and O–H groups in total. The maximum atomic E-state index is 11.9. The standard InChI is InChI=1S/C13H17N3O5/c1-9(17)15-12(8-21-2)13(18)14-7-10-4-3-5-11(6-10)16(19)20/h3-6,12H,7-8H2,1-2H3,(H,14,18)(H,15,17)/t12-/m0/s1. The Hall–Kier alpha value is -2.48. The molecule has 2 amide bonds. The van der Waals surface area contributed by atoms with Gasteiger partial charge in [0, 0.05) is 32.7 Å². The Morgan fingerprint density at radius 1 is 1.43 bits per heavy atom. The van der Waals surface area contributed by atoms with Crippen LogP contribution in [0.25, 0.3) is 0 Å². The molecule has 1 rings (SSSR count). The first-order valence-electron chi connectivity index (χ1n) is 6.21. The van der Waals surface area contributed by atoms with Crippen molar-refractivity contribution in [1.29, 1.82) is 0 Å². The maximum absolute atomic E-state index is 11.9. The summed E-state index contributed by atoms with van der Waals surface area (Å²) in [5, 5.41) is 15.7. The zero-order chi connectivity index (χ0) is 15.8. The van der Waals surface area contributed by atoms with E-state index in [1.807, 2.05) is 0 Å². The lowest BCUT2D eigenvalue weighted by molar-refractivity contribution is -0.384. The molecule has 8 heteroatoms. The van der Waals surface area contributed by atoms with Crippen LogP contribution in [0.4, 0.5) is 5.69 Å².